The number of hydrogen-bond acceptors (Lipinski definition) is 5. The van der Waals surface area contributed by atoms with Gasteiger partial charge >= 0.3 is 5.97 Å². The minimum Gasteiger partial charge on any atom is -0.508 e. The van der Waals surface area contributed by atoms with Crippen molar-refractivity contribution in [2.45, 2.75) is 12.8 Å². The maximum absolute atomic E-state index is 11.1. The van der Waals surface area contributed by atoms with Gasteiger partial charge in [0.2, 0.25) is 0 Å². The highest BCUT2D eigenvalue weighted by molar-refractivity contribution is 5.90. The molecule has 0 aliphatic carbocycles. The molecule has 0 saturated carbocycles. The van der Waals surface area contributed by atoms with E-state index in [9.17, 15) is 9.90 Å². The Morgan fingerprint density at radius 2 is 2.11 bits per heavy atom. The molecule has 6 nitrogen and oxygen atoms in total. The molecule has 1 fully saturated rings. The number of phenols is 1. The molecule has 2 N–H and O–H groups in total. The Kier molecular flexibility index (Phi) is 6.44. The van der Waals surface area contributed by atoms with Crippen molar-refractivity contribution in [2.24, 2.45) is 11.1 Å². The molecule has 0 spiro atoms. The van der Waals surface area contributed by atoms with Crippen LogP contribution in [0.3, 0.4) is 0 Å². The molecule has 2 aromatic rings. The van der Waals surface area contributed by atoms with Gasteiger partial charge in [-0.15, -0.1) is 0 Å². The fourth-order valence-electron chi connectivity index (χ4n) is 3.32. The number of carboxylic acids is 1. The predicted molar refractivity (Wildman–Crippen MR) is 104 cm³/mol. The average Bonchev–Trinajstić information content (AvgIpc) is 2.68. The highest BCUT2D eigenvalue weighted by Crippen LogP contribution is 2.25. The second kappa shape index (κ2) is 9.19. The van der Waals surface area contributed by atoms with Gasteiger partial charge in [0.05, 0.1) is 12.1 Å². The quantitative estimate of drug-likeness (QED) is 0.445. The normalized spacial score (nSPS) is 17.9. The van der Waals surface area contributed by atoms with Crippen molar-refractivity contribution in [3.63, 3.8) is 0 Å². The summed E-state index contributed by atoms with van der Waals surface area (Å²) in [7, 11) is 0. The van der Waals surface area contributed by atoms with E-state index in [4.69, 9.17) is 9.94 Å². The zero-order valence-corrected chi connectivity index (χ0v) is 15.1. The number of carboxylic acid groups (broad SMARTS) is 1. The Morgan fingerprint density at radius 3 is 2.93 bits per heavy atom. The van der Waals surface area contributed by atoms with Crippen LogP contribution in [0.25, 0.3) is 11.1 Å². The number of benzene rings is 2. The summed E-state index contributed by atoms with van der Waals surface area (Å²) in [6, 6.07) is 14.9. The van der Waals surface area contributed by atoms with Crippen molar-refractivity contribution in [2.75, 3.05) is 26.2 Å². The van der Waals surface area contributed by atoms with Crippen LogP contribution in [0.5, 0.6) is 5.75 Å². The third-order valence-corrected chi connectivity index (χ3v) is 4.74. The van der Waals surface area contributed by atoms with E-state index in [1.165, 1.54) is 0 Å². The van der Waals surface area contributed by atoms with Gasteiger partial charge in [0, 0.05) is 18.7 Å². The van der Waals surface area contributed by atoms with Gasteiger partial charge in [0.1, 0.15) is 12.4 Å². The van der Waals surface area contributed by atoms with Gasteiger partial charge in [0.15, 0.2) is 0 Å². The first-order valence-corrected chi connectivity index (χ1v) is 9.12. The van der Waals surface area contributed by atoms with Crippen LogP contribution in [0.4, 0.5) is 0 Å². The summed E-state index contributed by atoms with van der Waals surface area (Å²) in [4.78, 5) is 18.6. The van der Waals surface area contributed by atoms with Gasteiger partial charge in [0.25, 0.3) is 0 Å². The van der Waals surface area contributed by atoms with Crippen LogP contribution in [0.15, 0.2) is 53.7 Å². The molecule has 2 aromatic carbocycles. The molecule has 0 aromatic heterocycles. The smallest absolute Gasteiger partial charge is 0.307 e. The van der Waals surface area contributed by atoms with E-state index >= 15 is 0 Å². The minimum atomic E-state index is -0.720. The Morgan fingerprint density at radius 1 is 1.26 bits per heavy atom. The van der Waals surface area contributed by atoms with E-state index in [0.29, 0.717) is 19.7 Å². The topological polar surface area (TPSA) is 82.4 Å². The molecule has 1 heterocycles. The van der Waals surface area contributed by atoms with E-state index < -0.39 is 5.97 Å². The van der Waals surface area contributed by atoms with Crippen LogP contribution in [-0.2, 0) is 9.63 Å². The second-order valence-electron chi connectivity index (χ2n) is 6.68. The third kappa shape index (κ3) is 5.31. The van der Waals surface area contributed by atoms with Gasteiger partial charge < -0.3 is 15.1 Å². The van der Waals surface area contributed by atoms with Crippen LogP contribution in [0, 0.1) is 5.92 Å². The van der Waals surface area contributed by atoms with Crippen molar-refractivity contribution < 1.29 is 19.8 Å². The standard InChI is InChI=1S/C21H24N2O4/c24-19-8-3-6-16(13-19)20-9-2-1-5-17(20)14-22-27-12-11-23-10-4-7-18(15-23)21(25)26/h1-3,5-6,8-9,13-14,18,24H,4,7,10-12,15H2,(H,25,26). The number of rotatable bonds is 7. The Labute approximate surface area is 158 Å². The average molecular weight is 368 g/mol. The molecule has 1 unspecified atom stereocenters. The number of nitrogens with zero attached hydrogens (tertiary/aromatic N) is 2. The minimum absolute atomic E-state index is 0.219. The molecule has 1 aliphatic heterocycles. The molecule has 0 radical (unpaired) electrons. The predicted octanol–water partition coefficient (Wildman–Crippen LogP) is 3.21. The van der Waals surface area contributed by atoms with E-state index in [2.05, 4.69) is 10.1 Å². The monoisotopic (exact) mass is 368 g/mol. The summed E-state index contributed by atoms with van der Waals surface area (Å²) in [5.74, 6) is -0.782. The molecule has 3 rings (SSSR count). The van der Waals surface area contributed by atoms with Crippen molar-refractivity contribution in [1.82, 2.24) is 4.90 Å². The first-order chi connectivity index (χ1) is 13.1. The maximum Gasteiger partial charge on any atom is 0.307 e. The SMILES string of the molecule is O=C(O)C1CCCN(CCON=Cc2ccccc2-c2cccc(O)c2)C1. The first kappa shape index (κ1) is 18.9. The number of phenolic OH excluding ortho intramolecular Hbond substituents is 1. The molecule has 1 atom stereocenters. The maximum atomic E-state index is 11.1. The molecular formula is C21H24N2O4. The number of aliphatic carboxylic acids is 1. The number of carbonyl (C=O) groups is 1. The summed E-state index contributed by atoms with van der Waals surface area (Å²) < 4.78 is 0. The van der Waals surface area contributed by atoms with Gasteiger partial charge in [-0.25, -0.2) is 0 Å². The van der Waals surface area contributed by atoms with Crippen LogP contribution in [0.2, 0.25) is 0 Å². The lowest BCUT2D eigenvalue weighted by Crippen LogP contribution is -2.40. The van der Waals surface area contributed by atoms with Crippen molar-refractivity contribution >= 4 is 12.2 Å². The summed E-state index contributed by atoms with van der Waals surface area (Å²) in [6.45, 7) is 2.55. The third-order valence-electron chi connectivity index (χ3n) is 4.74. The molecular weight excluding hydrogens is 344 g/mol. The number of hydrogen-bond donors (Lipinski definition) is 2. The molecule has 0 amide bonds. The lowest BCUT2D eigenvalue weighted by molar-refractivity contribution is -0.143. The fourth-order valence-corrected chi connectivity index (χ4v) is 3.32. The fraction of sp³-hybridized carbons (Fsp3) is 0.333. The van der Waals surface area contributed by atoms with Gasteiger partial charge in [-0.1, -0.05) is 41.6 Å². The van der Waals surface area contributed by atoms with Crippen molar-refractivity contribution in [3.05, 3.63) is 54.1 Å². The summed E-state index contributed by atoms with van der Waals surface area (Å²) in [5, 5.41) is 22.9. The lowest BCUT2D eigenvalue weighted by atomic mass is 9.98. The van der Waals surface area contributed by atoms with E-state index in [1.807, 2.05) is 30.3 Å². The van der Waals surface area contributed by atoms with Crippen LogP contribution in [0.1, 0.15) is 18.4 Å². The van der Waals surface area contributed by atoms with Gasteiger partial charge in [-0.3, -0.25) is 9.69 Å². The zero-order chi connectivity index (χ0) is 19.1. The van der Waals surface area contributed by atoms with Crippen LogP contribution in [-0.4, -0.2) is 53.5 Å². The Balaban J connectivity index is 1.54. The van der Waals surface area contributed by atoms with Crippen LogP contribution >= 0.6 is 0 Å². The highest BCUT2D eigenvalue weighted by Gasteiger charge is 2.24. The van der Waals surface area contributed by atoms with Crippen molar-refractivity contribution in [3.8, 4) is 16.9 Å². The summed E-state index contributed by atoms with van der Waals surface area (Å²) in [6.07, 6.45) is 3.31. The largest absolute Gasteiger partial charge is 0.508 e. The lowest BCUT2D eigenvalue weighted by Gasteiger charge is -2.29. The Hall–Kier alpha value is -2.86. The second-order valence-corrected chi connectivity index (χ2v) is 6.68. The molecule has 142 valence electrons. The molecule has 1 saturated heterocycles. The first-order valence-electron chi connectivity index (χ1n) is 9.12. The van der Waals surface area contributed by atoms with E-state index in [0.717, 1.165) is 36.1 Å². The summed E-state index contributed by atoms with van der Waals surface area (Å²) in [5.41, 5.74) is 2.76. The van der Waals surface area contributed by atoms with Crippen molar-refractivity contribution in [1.29, 1.82) is 0 Å². The Bertz CT molecular complexity index is 806. The van der Waals surface area contributed by atoms with Crippen LogP contribution < -0.4 is 0 Å². The summed E-state index contributed by atoms with van der Waals surface area (Å²) >= 11 is 0. The van der Waals surface area contributed by atoms with Gasteiger partial charge in [-0.05, 0) is 42.6 Å². The number of piperidine rings is 1. The highest BCUT2D eigenvalue weighted by atomic mass is 16.6. The van der Waals surface area contributed by atoms with Gasteiger partial charge in [-0.2, -0.15) is 0 Å². The van der Waals surface area contributed by atoms with E-state index in [1.54, 1.807) is 24.4 Å². The molecule has 6 heteroatoms. The number of aromatic hydroxyl groups is 1. The number of oxime groups is 1. The zero-order valence-electron chi connectivity index (χ0n) is 15.1. The number of likely N-dealkylation sites (tertiary alicyclic amines) is 1. The van der Waals surface area contributed by atoms with E-state index in [-0.39, 0.29) is 11.7 Å². The molecule has 27 heavy (non-hydrogen) atoms. The molecule has 0 bridgehead atoms. The molecule has 1 aliphatic rings.